The molecule has 0 bridgehead atoms. The maximum atomic E-state index is 11.7. The lowest BCUT2D eigenvalue weighted by molar-refractivity contribution is 0.374. The Morgan fingerprint density at radius 1 is 1.44 bits per heavy atom. The van der Waals surface area contributed by atoms with Crippen LogP contribution in [0.25, 0.3) is 0 Å². The van der Waals surface area contributed by atoms with E-state index in [-0.39, 0.29) is 16.5 Å². The minimum Gasteiger partial charge on any atom is -0.326 e. The van der Waals surface area contributed by atoms with Crippen molar-refractivity contribution < 1.29 is 17.2 Å². The SMILES string of the molecule is NCc1cccc(Cl)c1S(=O)(=O)OCP=O. The van der Waals surface area contributed by atoms with E-state index >= 15 is 0 Å². The smallest absolute Gasteiger partial charge is 0.299 e. The largest absolute Gasteiger partial charge is 0.326 e. The highest BCUT2D eigenvalue weighted by molar-refractivity contribution is 7.87. The van der Waals surface area contributed by atoms with Crippen molar-refractivity contribution in [3.05, 3.63) is 28.8 Å². The molecule has 2 N–H and O–H groups in total. The van der Waals surface area contributed by atoms with Crippen LogP contribution in [0.3, 0.4) is 0 Å². The molecule has 0 aliphatic heterocycles. The molecule has 0 atom stereocenters. The lowest BCUT2D eigenvalue weighted by Gasteiger charge is -2.09. The molecule has 8 heteroatoms. The van der Waals surface area contributed by atoms with Crippen LogP contribution in [0.15, 0.2) is 23.1 Å². The average Bonchev–Trinajstić information content (AvgIpc) is 2.25. The van der Waals surface area contributed by atoms with Crippen molar-refractivity contribution in [3.8, 4) is 0 Å². The Morgan fingerprint density at radius 2 is 2.12 bits per heavy atom. The number of rotatable bonds is 5. The lowest BCUT2D eigenvalue weighted by Crippen LogP contribution is -2.11. The number of halogens is 1. The summed E-state index contributed by atoms with van der Waals surface area (Å²) in [6.45, 7) is 0.0214. The van der Waals surface area contributed by atoms with Gasteiger partial charge >= 0.3 is 0 Å². The molecule has 16 heavy (non-hydrogen) atoms. The fourth-order valence-corrected chi connectivity index (χ4v) is 3.25. The third-order valence-corrected chi connectivity index (χ3v) is 4.03. The van der Waals surface area contributed by atoms with Gasteiger partial charge in [-0.3, -0.25) is 8.75 Å². The lowest BCUT2D eigenvalue weighted by atomic mass is 10.2. The number of hydrogen-bond acceptors (Lipinski definition) is 5. The summed E-state index contributed by atoms with van der Waals surface area (Å²) in [4.78, 5) is -0.164. The van der Waals surface area contributed by atoms with Crippen molar-refractivity contribution in [2.24, 2.45) is 5.73 Å². The molecular weight excluding hydrogens is 273 g/mol. The summed E-state index contributed by atoms with van der Waals surface area (Å²) in [5.74, 6) is 0. The van der Waals surface area contributed by atoms with E-state index in [1.165, 1.54) is 12.1 Å². The fourth-order valence-electron chi connectivity index (χ4n) is 1.14. The van der Waals surface area contributed by atoms with E-state index in [0.29, 0.717) is 5.56 Å². The summed E-state index contributed by atoms with van der Waals surface area (Å²) in [5.41, 5.74) is 5.76. The first kappa shape index (κ1) is 13.5. The summed E-state index contributed by atoms with van der Waals surface area (Å²) in [7, 11) is -4.43. The molecule has 0 saturated carbocycles. The Morgan fingerprint density at radius 3 is 2.69 bits per heavy atom. The van der Waals surface area contributed by atoms with Crippen LogP contribution in [0.2, 0.25) is 5.02 Å². The number of nitrogens with two attached hydrogens (primary N) is 1. The Balaban J connectivity index is 3.25. The quantitative estimate of drug-likeness (QED) is 0.656. The van der Waals surface area contributed by atoms with Gasteiger partial charge in [-0.05, 0) is 11.6 Å². The topological polar surface area (TPSA) is 86.5 Å². The van der Waals surface area contributed by atoms with Crippen molar-refractivity contribution in [1.82, 2.24) is 0 Å². The maximum absolute atomic E-state index is 11.7. The normalized spacial score (nSPS) is 11.9. The van der Waals surface area contributed by atoms with E-state index in [1.807, 2.05) is 0 Å². The summed E-state index contributed by atoms with van der Waals surface area (Å²) >= 11 is 5.78. The van der Waals surface area contributed by atoms with Gasteiger partial charge in [0, 0.05) is 6.54 Å². The Kier molecular flexibility index (Phi) is 4.83. The molecule has 0 heterocycles. The minimum absolute atomic E-state index is 0.0214. The summed E-state index contributed by atoms with van der Waals surface area (Å²) < 4.78 is 38.0. The van der Waals surface area contributed by atoms with Crippen molar-refractivity contribution in [1.29, 1.82) is 0 Å². The maximum Gasteiger partial charge on any atom is 0.299 e. The first-order chi connectivity index (χ1) is 7.53. The molecule has 0 aliphatic rings. The highest BCUT2D eigenvalue weighted by Crippen LogP contribution is 2.27. The van der Waals surface area contributed by atoms with Crippen LogP contribution in [0.1, 0.15) is 5.56 Å². The molecule has 0 aromatic heterocycles. The zero-order chi connectivity index (χ0) is 12.2. The molecule has 88 valence electrons. The van der Waals surface area contributed by atoms with Gasteiger partial charge in [-0.25, -0.2) is 0 Å². The Hall–Kier alpha value is -0.520. The van der Waals surface area contributed by atoms with E-state index in [1.54, 1.807) is 6.07 Å². The Labute approximate surface area is 99.9 Å². The first-order valence-electron chi connectivity index (χ1n) is 4.19. The highest BCUT2D eigenvalue weighted by Gasteiger charge is 2.22. The molecule has 1 rings (SSSR count). The zero-order valence-corrected chi connectivity index (χ0v) is 10.6. The highest BCUT2D eigenvalue weighted by atomic mass is 35.5. The van der Waals surface area contributed by atoms with Crippen LogP contribution in [0.5, 0.6) is 0 Å². The molecule has 0 spiro atoms. The van der Waals surface area contributed by atoms with Crippen molar-refractivity contribution in [2.45, 2.75) is 11.4 Å². The number of benzene rings is 1. The van der Waals surface area contributed by atoms with E-state index < -0.39 is 24.9 Å². The van der Waals surface area contributed by atoms with E-state index in [4.69, 9.17) is 17.3 Å². The van der Waals surface area contributed by atoms with E-state index in [2.05, 4.69) is 4.18 Å². The van der Waals surface area contributed by atoms with Gasteiger partial charge in [-0.15, -0.1) is 0 Å². The molecule has 0 fully saturated rings. The van der Waals surface area contributed by atoms with Gasteiger partial charge in [0.2, 0.25) is 0 Å². The monoisotopic (exact) mass is 281 g/mol. The molecule has 0 saturated heterocycles. The van der Waals surface area contributed by atoms with Crippen LogP contribution in [0.4, 0.5) is 0 Å². The predicted molar refractivity (Wildman–Crippen MR) is 60.1 cm³/mol. The van der Waals surface area contributed by atoms with Gasteiger partial charge in [-0.2, -0.15) is 8.42 Å². The molecule has 5 nitrogen and oxygen atoms in total. The number of hydrogen-bond donors (Lipinski definition) is 1. The second-order valence-corrected chi connectivity index (χ2v) is 5.24. The van der Waals surface area contributed by atoms with Crippen LogP contribution >= 0.6 is 20.1 Å². The first-order valence-corrected chi connectivity index (χ1v) is 6.97. The molecule has 0 amide bonds. The minimum atomic E-state index is -4.01. The van der Waals surface area contributed by atoms with E-state index in [9.17, 15) is 13.0 Å². The van der Waals surface area contributed by atoms with Crippen molar-refractivity contribution in [2.75, 3.05) is 6.35 Å². The standard InChI is InChI=1S/C8H9ClNO4PS/c9-7-3-1-2-6(4-10)8(7)16(12,13)14-5-15-11/h1-3H,4-5,10H2. The van der Waals surface area contributed by atoms with Gasteiger partial charge in [0.05, 0.1) is 5.02 Å². The fraction of sp³-hybridized carbons (Fsp3) is 0.250. The predicted octanol–water partition coefficient (Wildman–Crippen LogP) is 1.75. The Bertz CT molecular complexity index is 491. The van der Waals surface area contributed by atoms with Gasteiger partial charge in [0.25, 0.3) is 10.1 Å². The molecule has 0 unspecified atom stereocenters. The summed E-state index contributed by atoms with van der Waals surface area (Å²) in [6, 6.07) is 4.55. The van der Waals surface area contributed by atoms with Crippen LogP contribution in [-0.4, -0.2) is 14.8 Å². The second-order valence-electron chi connectivity index (χ2n) is 2.76. The average molecular weight is 282 g/mol. The van der Waals surface area contributed by atoms with Crippen LogP contribution in [0, 0.1) is 0 Å². The van der Waals surface area contributed by atoms with Gasteiger partial charge in [0.1, 0.15) is 11.2 Å². The van der Waals surface area contributed by atoms with E-state index in [0.717, 1.165) is 0 Å². The molecule has 0 aliphatic carbocycles. The van der Waals surface area contributed by atoms with Crippen LogP contribution in [-0.2, 0) is 25.4 Å². The third kappa shape index (κ3) is 2.99. The van der Waals surface area contributed by atoms with Crippen molar-refractivity contribution >= 4 is 30.2 Å². The molecule has 0 radical (unpaired) electrons. The zero-order valence-electron chi connectivity index (χ0n) is 8.09. The third-order valence-electron chi connectivity index (χ3n) is 1.78. The molecular formula is C8H9ClNO4PS. The molecule has 1 aromatic rings. The summed E-state index contributed by atoms with van der Waals surface area (Å²) in [6.07, 6.45) is -0.447. The van der Waals surface area contributed by atoms with Crippen LogP contribution < -0.4 is 5.73 Å². The van der Waals surface area contributed by atoms with Gasteiger partial charge < -0.3 is 5.73 Å². The second kappa shape index (κ2) is 5.70. The van der Waals surface area contributed by atoms with Gasteiger partial charge in [-0.1, -0.05) is 23.7 Å². The van der Waals surface area contributed by atoms with Crippen molar-refractivity contribution in [3.63, 3.8) is 0 Å². The summed E-state index contributed by atoms with van der Waals surface area (Å²) in [5, 5.41) is 0.0329. The van der Waals surface area contributed by atoms with Gasteiger partial charge in [0.15, 0.2) is 8.46 Å². The molecule has 1 aromatic carbocycles.